The Hall–Kier alpha value is -2.48. The summed E-state index contributed by atoms with van der Waals surface area (Å²) in [5, 5.41) is 4.61. The van der Waals surface area contributed by atoms with Crippen LogP contribution in [-0.2, 0) is 16.6 Å². The van der Waals surface area contributed by atoms with Crippen molar-refractivity contribution in [3.63, 3.8) is 0 Å². The fourth-order valence-corrected chi connectivity index (χ4v) is 6.09. The van der Waals surface area contributed by atoms with E-state index in [9.17, 15) is 13.2 Å². The van der Waals surface area contributed by atoms with Crippen LogP contribution in [0.15, 0.2) is 42.6 Å². The number of Topliss-reactive ketones (excluding diaryl/α,β-unsaturated/α-hetero) is 1. The summed E-state index contributed by atoms with van der Waals surface area (Å²) < 4.78 is 26.2. The van der Waals surface area contributed by atoms with E-state index in [2.05, 4.69) is 54.5 Å². The lowest BCUT2D eigenvalue weighted by Gasteiger charge is -2.31. The standard InChI is InChI=1S/C28H37N3O3S/c1-5-19(3)29-17-21-8-7-9-23(14-21)24-15-25(20(4)32)28-26(16-24)27(18-30-28)22-10-12-31(13-11-22)35(33,34)6-2/h7-9,14-16,18-19,22,29-30H,5-6,10-13,17H2,1-4H3/t19-/m0/s1. The molecule has 2 heterocycles. The van der Waals surface area contributed by atoms with Gasteiger partial charge in [-0.15, -0.1) is 0 Å². The van der Waals surface area contributed by atoms with Gasteiger partial charge in [-0.25, -0.2) is 12.7 Å². The van der Waals surface area contributed by atoms with Crippen molar-refractivity contribution >= 4 is 26.7 Å². The minimum atomic E-state index is -3.16. The first kappa shape index (κ1) is 25.6. The zero-order valence-corrected chi connectivity index (χ0v) is 22.0. The minimum absolute atomic E-state index is 0.0312. The highest BCUT2D eigenvalue weighted by Gasteiger charge is 2.29. The number of fused-ring (bicyclic) bond motifs is 1. The number of hydrogen-bond acceptors (Lipinski definition) is 4. The Labute approximate surface area is 209 Å². The molecule has 2 N–H and O–H groups in total. The largest absolute Gasteiger partial charge is 0.360 e. The van der Waals surface area contributed by atoms with Crippen LogP contribution >= 0.6 is 0 Å². The number of nitrogens with one attached hydrogen (secondary N) is 2. The van der Waals surface area contributed by atoms with E-state index < -0.39 is 10.0 Å². The second kappa shape index (κ2) is 10.6. The van der Waals surface area contributed by atoms with Crippen LogP contribution in [0.4, 0.5) is 0 Å². The number of nitrogens with zero attached hydrogens (tertiary/aromatic N) is 1. The number of sulfonamides is 1. The third-order valence-corrected chi connectivity index (χ3v) is 9.26. The van der Waals surface area contributed by atoms with Crippen molar-refractivity contribution in [3.05, 3.63) is 59.3 Å². The van der Waals surface area contributed by atoms with E-state index in [1.165, 1.54) is 11.1 Å². The molecule has 1 aliphatic heterocycles. The molecule has 1 fully saturated rings. The van der Waals surface area contributed by atoms with E-state index in [4.69, 9.17) is 0 Å². The number of rotatable bonds is 9. The molecule has 35 heavy (non-hydrogen) atoms. The molecule has 6 nitrogen and oxygen atoms in total. The molecule has 3 aromatic rings. The minimum Gasteiger partial charge on any atom is -0.360 e. The van der Waals surface area contributed by atoms with Crippen LogP contribution in [0.3, 0.4) is 0 Å². The highest BCUT2D eigenvalue weighted by Crippen LogP contribution is 2.37. The predicted octanol–water partition coefficient (Wildman–Crippen LogP) is 5.45. The van der Waals surface area contributed by atoms with Gasteiger partial charge < -0.3 is 10.3 Å². The van der Waals surface area contributed by atoms with Gasteiger partial charge in [0.05, 0.1) is 11.3 Å². The van der Waals surface area contributed by atoms with Crippen LogP contribution in [0.2, 0.25) is 0 Å². The highest BCUT2D eigenvalue weighted by molar-refractivity contribution is 7.89. The Kier molecular flexibility index (Phi) is 7.79. The average Bonchev–Trinajstić information content (AvgIpc) is 3.30. The number of H-pyrrole nitrogens is 1. The van der Waals surface area contributed by atoms with Gasteiger partial charge >= 0.3 is 0 Å². The summed E-state index contributed by atoms with van der Waals surface area (Å²) in [6.07, 6.45) is 4.66. The number of piperidine rings is 1. The number of ketones is 1. The molecule has 4 rings (SSSR count). The Bertz CT molecular complexity index is 1300. The van der Waals surface area contributed by atoms with E-state index in [1.807, 2.05) is 12.3 Å². The summed E-state index contributed by atoms with van der Waals surface area (Å²) in [5.41, 5.74) is 6.07. The Balaban J connectivity index is 1.68. The molecule has 0 saturated carbocycles. The maximum Gasteiger partial charge on any atom is 0.213 e. The van der Waals surface area contributed by atoms with E-state index in [1.54, 1.807) is 18.2 Å². The maximum atomic E-state index is 12.6. The molecule has 1 aliphatic rings. The lowest BCUT2D eigenvalue weighted by molar-refractivity contribution is 0.101. The number of aromatic nitrogens is 1. The fourth-order valence-electron chi connectivity index (χ4n) is 4.96. The zero-order valence-electron chi connectivity index (χ0n) is 21.2. The Morgan fingerprint density at radius 3 is 2.54 bits per heavy atom. The lowest BCUT2D eigenvalue weighted by Crippen LogP contribution is -2.38. The van der Waals surface area contributed by atoms with Crippen LogP contribution < -0.4 is 5.32 Å². The van der Waals surface area contributed by atoms with Crippen LogP contribution in [0.5, 0.6) is 0 Å². The molecule has 188 valence electrons. The van der Waals surface area contributed by atoms with Crippen molar-refractivity contribution in [1.29, 1.82) is 0 Å². The number of carbonyl (C=O) groups excluding carboxylic acids is 1. The molecular formula is C28H37N3O3S. The molecule has 2 aromatic carbocycles. The summed E-state index contributed by atoms with van der Waals surface area (Å²) in [6, 6.07) is 13.1. The van der Waals surface area contributed by atoms with Crippen molar-refractivity contribution in [3.8, 4) is 11.1 Å². The Morgan fingerprint density at radius 1 is 1.14 bits per heavy atom. The first-order valence-corrected chi connectivity index (χ1v) is 14.3. The van der Waals surface area contributed by atoms with Crippen molar-refractivity contribution in [2.75, 3.05) is 18.8 Å². The van der Waals surface area contributed by atoms with Gasteiger partial charge in [-0.2, -0.15) is 0 Å². The van der Waals surface area contributed by atoms with Crippen molar-refractivity contribution < 1.29 is 13.2 Å². The predicted molar refractivity (Wildman–Crippen MR) is 143 cm³/mol. The lowest BCUT2D eigenvalue weighted by atomic mass is 9.88. The summed E-state index contributed by atoms with van der Waals surface area (Å²) in [6.45, 7) is 9.55. The monoisotopic (exact) mass is 495 g/mol. The number of hydrogen-bond donors (Lipinski definition) is 2. The van der Waals surface area contributed by atoms with Crippen LogP contribution in [0.25, 0.3) is 22.0 Å². The summed E-state index contributed by atoms with van der Waals surface area (Å²) in [4.78, 5) is 15.9. The van der Waals surface area contributed by atoms with Crippen LogP contribution in [-0.4, -0.2) is 48.4 Å². The molecule has 1 aromatic heterocycles. The zero-order chi connectivity index (χ0) is 25.2. The van der Waals surface area contributed by atoms with Gasteiger partial charge in [-0.1, -0.05) is 25.1 Å². The van der Waals surface area contributed by atoms with Gasteiger partial charge in [0.1, 0.15) is 0 Å². The second-order valence-corrected chi connectivity index (χ2v) is 12.0. The first-order valence-electron chi connectivity index (χ1n) is 12.7. The molecule has 0 spiro atoms. The van der Waals surface area contributed by atoms with Gasteiger partial charge in [-0.05, 0) is 86.4 Å². The molecule has 0 aliphatic carbocycles. The normalized spacial score (nSPS) is 16.6. The van der Waals surface area contributed by atoms with Gasteiger partial charge in [0, 0.05) is 42.8 Å². The van der Waals surface area contributed by atoms with Crippen molar-refractivity contribution in [2.24, 2.45) is 0 Å². The second-order valence-electron chi connectivity index (χ2n) is 9.71. The molecule has 0 amide bonds. The van der Waals surface area contributed by atoms with Gasteiger partial charge in [0.25, 0.3) is 0 Å². The molecule has 7 heteroatoms. The molecule has 1 atom stereocenters. The molecule has 1 saturated heterocycles. The summed E-state index contributed by atoms with van der Waals surface area (Å²) >= 11 is 0. The summed E-state index contributed by atoms with van der Waals surface area (Å²) in [5.74, 6) is 0.430. The van der Waals surface area contributed by atoms with Gasteiger partial charge in [0.2, 0.25) is 10.0 Å². The Morgan fingerprint density at radius 2 is 1.89 bits per heavy atom. The topological polar surface area (TPSA) is 82.3 Å². The first-order chi connectivity index (χ1) is 16.7. The quantitative estimate of drug-likeness (QED) is 0.387. The van der Waals surface area contributed by atoms with E-state index in [-0.39, 0.29) is 17.5 Å². The van der Waals surface area contributed by atoms with Crippen LogP contribution in [0, 0.1) is 0 Å². The molecule has 0 unspecified atom stereocenters. The van der Waals surface area contributed by atoms with E-state index in [0.29, 0.717) is 24.7 Å². The van der Waals surface area contributed by atoms with Crippen molar-refractivity contribution in [2.45, 2.75) is 65.5 Å². The molecule has 0 bridgehead atoms. The average molecular weight is 496 g/mol. The number of benzene rings is 2. The molecule has 0 radical (unpaired) electrons. The summed E-state index contributed by atoms with van der Waals surface area (Å²) in [7, 11) is -3.16. The molecular weight excluding hydrogens is 458 g/mol. The number of carbonyl (C=O) groups is 1. The smallest absolute Gasteiger partial charge is 0.213 e. The highest BCUT2D eigenvalue weighted by atomic mass is 32.2. The van der Waals surface area contributed by atoms with Crippen molar-refractivity contribution in [1.82, 2.24) is 14.6 Å². The third-order valence-electron chi connectivity index (χ3n) is 7.38. The van der Waals surface area contributed by atoms with E-state index in [0.717, 1.165) is 47.8 Å². The number of aromatic amines is 1. The van der Waals surface area contributed by atoms with Gasteiger partial charge in [-0.3, -0.25) is 4.79 Å². The van der Waals surface area contributed by atoms with Gasteiger partial charge in [0.15, 0.2) is 5.78 Å². The SMILES string of the molecule is CC[C@H](C)NCc1cccc(-c2cc(C(C)=O)c3[nH]cc(C4CCN(S(=O)(=O)CC)CC4)c3c2)c1. The fraction of sp³-hybridized carbons (Fsp3) is 0.464. The maximum absolute atomic E-state index is 12.6. The van der Waals surface area contributed by atoms with Crippen LogP contribution in [0.1, 0.15) is 74.4 Å². The van der Waals surface area contributed by atoms with E-state index >= 15 is 0 Å². The third kappa shape index (κ3) is 5.52.